The van der Waals surface area contributed by atoms with E-state index in [1.54, 1.807) is 6.20 Å². The van der Waals surface area contributed by atoms with Gasteiger partial charge in [-0.1, -0.05) is 6.07 Å². The third-order valence-corrected chi connectivity index (χ3v) is 3.57. The summed E-state index contributed by atoms with van der Waals surface area (Å²) in [4.78, 5) is 29.8. The Kier molecular flexibility index (Phi) is 3.10. The second-order valence-electron chi connectivity index (χ2n) is 4.69. The Labute approximate surface area is 116 Å². The number of methoxy groups -OCH3 is 1. The lowest BCUT2D eigenvalue weighted by molar-refractivity contribution is -0.142. The molecule has 3 rings (SSSR count). The molecule has 1 aromatic heterocycles. The zero-order chi connectivity index (χ0) is 14.1. The lowest BCUT2D eigenvalue weighted by atomic mass is 10.1. The standard InChI is InChI=1S/C15H14N2O3/c1-20-15(19)13-7-8-14(18)17(13)12-6-2-5-11-10(12)4-3-9-16-11/h2-6,9,13H,7-8H2,1H3. The molecule has 5 heteroatoms. The van der Waals surface area contributed by atoms with Crippen molar-refractivity contribution in [3.63, 3.8) is 0 Å². The fourth-order valence-electron chi connectivity index (χ4n) is 2.64. The average molecular weight is 270 g/mol. The number of carbonyl (C=O) groups is 2. The third kappa shape index (κ3) is 1.91. The van der Waals surface area contributed by atoms with E-state index in [2.05, 4.69) is 4.98 Å². The van der Waals surface area contributed by atoms with Crippen LogP contribution in [0.3, 0.4) is 0 Å². The Balaban J connectivity index is 2.13. The molecule has 0 aliphatic carbocycles. The SMILES string of the molecule is COC(=O)C1CCC(=O)N1c1cccc2ncccc12. The lowest BCUT2D eigenvalue weighted by Gasteiger charge is -2.24. The van der Waals surface area contributed by atoms with E-state index >= 15 is 0 Å². The van der Waals surface area contributed by atoms with Crippen LogP contribution in [0, 0.1) is 0 Å². The molecule has 20 heavy (non-hydrogen) atoms. The topological polar surface area (TPSA) is 59.5 Å². The second kappa shape index (κ2) is 4.92. The van der Waals surface area contributed by atoms with Gasteiger partial charge in [0.1, 0.15) is 6.04 Å². The van der Waals surface area contributed by atoms with Gasteiger partial charge in [-0.25, -0.2) is 4.79 Å². The summed E-state index contributed by atoms with van der Waals surface area (Å²) in [6.07, 6.45) is 2.55. The highest BCUT2D eigenvalue weighted by Crippen LogP contribution is 2.32. The van der Waals surface area contributed by atoms with Crippen LogP contribution in [0.4, 0.5) is 5.69 Å². The number of aromatic nitrogens is 1. The van der Waals surface area contributed by atoms with Gasteiger partial charge in [0.05, 0.1) is 18.3 Å². The normalized spacial score (nSPS) is 18.6. The van der Waals surface area contributed by atoms with Gasteiger partial charge in [-0.15, -0.1) is 0 Å². The van der Waals surface area contributed by atoms with Gasteiger partial charge in [0.15, 0.2) is 0 Å². The van der Waals surface area contributed by atoms with Gasteiger partial charge < -0.3 is 4.74 Å². The highest BCUT2D eigenvalue weighted by Gasteiger charge is 2.38. The number of benzene rings is 1. The van der Waals surface area contributed by atoms with Crippen LogP contribution in [0.1, 0.15) is 12.8 Å². The lowest BCUT2D eigenvalue weighted by Crippen LogP contribution is -2.39. The van der Waals surface area contributed by atoms with Gasteiger partial charge in [-0.2, -0.15) is 0 Å². The summed E-state index contributed by atoms with van der Waals surface area (Å²) in [5, 5.41) is 0.860. The molecule has 1 aliphatic rings. The minimum atomic E-state index is -0.543. The second-order valence-corrected chi connectivity index (χ2v) is 4.69. The van der Waals surface area contributed by atoms with E-state index in [-0.39, 0.29) is 11.9 Å². The van der Waals surface area contributed by atoms with E-state index in [4.69, 9.17) is 4.74 Å². The summed E-state index contributed by atoms with van der Waals surface area (Å²) in [7, 11) is 1.34. The Hall–Kier alpha value is -2.43. The van der Waals surface area contributed by atoms with Gasteiger partial charge in [0.25, 0.3) is 0 Å². The zero-order valence-electron chi connectivity index (χ0n) is 11.1. The van der Waals surface area contributed by atoms with Crippen molar-refractivity contribution < 1.29 is 14.3 Å². The summed E-state index contributed by atoms with van der Waals surface area (Å²) in [6.45, 7) is 0. The Bertz CT molecular complexity index is 678. The smallest absolute Gasteiger partial charge is 0.328 e. The van der Waals surface area contributed by atoms with Crippen LogP contribution in [0.5, 0.6) is 0 Å². The number of esters is 1. The summed E-state index contributed by atoms with van der Waals surface area (Å²) < 4.78 is 4.80. The number of nitrogens with zero attached hydrogens (tertiary/aromatic N) is 2. The number of hydrogen-bond acceptors (Lipinski definition) is 4. The third-order valence-electron chi connectivity index (χ3n) is 3.57. The molecule has 1 atom stereocenters. The molecule has 0 bridgehead atoms. The summed E-state index contributed by atoms with van der Waals surface area (Å²) in [5.74, 6) is -0.437. The maximum absolute atomic E-state index is 12.1. The Morgan fingerprint density at radius 1 is 1.35 bits per heavy atom. The van der Waals surface area contributed by atoms with Gasteiger partial charge in [0, 0.05) is 18.0 Å². The van der Waals surface area contributed by atoms with Crippen molar-refractivity contribution in [3.05, 3.63) is 36.5 Å². The molecule has 0 spiro atoms. The van der Waals surface area contributed by atoms with E-state index in [1.165, 1.54) is 12.0 Å². The van der Waals surface area contributed by atoms with Crippen molar-refractivity contribution in [3.8, 4) is 0 Å². The summed E-state index contributed by atoms with van der Waals surface area (Å²) >= 11 is 0. The van der Waals surface area contributed by atoms with Gasteiger partial charge >= 0.3 is 5.97 Å². The minimum absolute atomic E-state index is 0.0586. The van der Waals surface area contributed by atoms with Crippen molar-refractivity contribution in [2.75, 3.05) is 12.0 Å². The minimum Gasteiger partial charge on any atom is -0.467 e. The molecular weight excluding hydrogens is 256 g/mol. The molecule has 1 amide bonds. The number of amides is 1. The van der Waals surface area contributed by atoms with Crippen molar-refractivity contribution in [1.82, 2.24) is 4.98 Å². The van der Waals surface area contributed by atoms with Gasteiger partial charge in [-0.05, 0) is 30.7 Å². The molecule has 1 saturated heterocycles. The van der Waals surface area contributed by atoms with Crippen LogP contribution in [0.25, 0.3) is 10.9 Å². The highest BCUT2D eigenvalue weighted by molar-refractivity contribution is 6.08. The Morgan fingerprint density at radius 3 is 3.00 bits per heavy atom. The van der Waals surface area contributed by atoms with E-state index in [0.717, 1.165) is 10.9 Å². The molecule has 5 nitrogen and oxygen atoms in total. The number of hydrogen-bond donors (Lipinski definition) is 0. The first kappa shape index (κ1) is 12.6. The first-order valence-corrected chi connectivity index (χ1v) is 6.46. The van der Waals surface area contributed by atoms with Crippen molar-refractivity contribution >= 4 is 28.5 Å². The fraction of sp³-hybridized carbons (Fsp3) is 0.267. The number of anilines is 1. The van der Waals surface area contributed by atoms with E-state index in [0.29, 0.717) is 18.5 Å². The van der Waals surface area contributed by atoms with Crippen LogP contribution in [-0.2, 0) is 14.3 Å². The molecule has 1 aromatic carbocycles. The molecule has 1 fully saturated rings. The molecule has 2 aromatic rings. The number of carbonyl (C=O) groups excluding carboxylic acids is 2. The highest BCUT2D eigenvalue weighted by atomic mass is 16.5. The summed E-state index contributed by atoms with van der Waals surface area (Å²) in [6, 6.07) is 8.73. The van der Waals surface area contributed by atoms with Crippen LogP contribution >= 0.6 is 0 Å². The molecule has 0 N–H and O–H groups in total. The maximum atomic E-state index is 12.1. The predicted molar refractivity (Wildman–Crippen MR) is 74.3 cm³/mol. The number of fused-ring (bicyclic) bond motifs is 1. The first-order chi connectivity index (χ1) is 9.72. The van der Waals surface area contributed by atoms with E-state index in [1.807, 2.05) is 30.3 Å². The van der Waals surface area contributed by atoms with Crippen LogP contribution < -0.4 is 4.90 Å². The quantitative estimate of drug-likeness (QED) is 0.782. The largest absolute Gasteiger partial charge is 0.467 e. The van der Waals surface area contributed by atoms with Crippen molar-refractivity contribution in [2.24, 2.45) is 0 Å². The molecule has 1 unspecified atom stereocenters. The number of pyridine rings is 1. The van der Waals surface area contributed by atoms with Crippen LogP contribution in [0.15, 0.2) is 36.5 Å². The zero-order valence-corrected chi connectivity index (χ0v) is 11.1. The first-order valence-electron chi connectivity index (χ1n) is 6.46. The molecule has 2 heterocycles. The van der Waals surface area contributed by atoms with Crippen molar-refractivity contribution in [1.29, 1.82) is 0 Å². The van der Waals surface area contributed by atoms with E-state index < -0.39 is 6.04 Å². The molecule has 0 saturated carbocycles. The maximum Gasteiger partial charge on any atom is 0.328 e. The molecule has 1 aliphatic heterocycles. The monoisotopic (exact) mass is 270 g/mol. The fourth-order valence-corrected chi connectivity index (χ4v) is 2.64. The van der Waals surface area contributed by atoms with Crippen LogP contribution in [0.2, 0.25) is 0 Å². The average Bonchev–Trinajstić information content (AvgIpc) is 2.87. The number of ether oxygens (including phenoxy) is 1. The Morgan fingerprint density at radius 2 is 2.20 bits per heavy atom. The molecule has 102 valence electrons. The number of rotatable bonds is 2. The summed E-state index contributed by atoms with van der Waals surface area (Å²) in [5.41, 5.74) is 1.52. The van der Waals surface area contributed by atoms with Gasteiger partial charge in [-0.3, -0.25) is 14.7 Å². The predicted octanol–water partition coefficient (Wildman–Crippen LogP) is 1.90. The van der Waals surface area contributed by atoms with Gasteiger partial charge in [0.2, 0.25) is 5.91 Å². The van der Waals surface area contributed by atoms with E-state index in [9.17, 15) is 9.59 Å². The van der Waals surface area contributed by atoms with Crippen LogP contribution in [-0.4, -0.2) is 30.0 Å². The van der Waals surface area contributed by atoms with Crippen molar-refractivity contribution in [2.45, 2.75) is 18.9 Å². The molecule has 0 radical (unpaired) electrons. The molecular formula is C15H14N2O3.